The van der Waals surface area contributed by atoms with Crippen LogP contribution in [0, 0.1) is 0 Å². The van der Waals surface area contributed by atoms with Crippen molar-refractivity contribution in [1.82, 2.24) is 0 Å². The molecule has 0 aromatic heterocycles. The highest BCUT2D eigenvalue weighted by atomic mass is 28.3. The summed E-state index contributed by atoms with van der Waals surface area (Å²) in [6.45, 7) is 9.07. The van der Waals surface area contributed by atoms with Crippen molar-refractivity contribution in [2.24, 2.45) is 4.99 Å². The highest BCUT2D eigenvalue weighted by molar-refractivity contribution is 6.90. The van der Waals surface area contributed by atoms with E-state index in [0.717, 1.165) is 5.54 Å². The van der Waals surface area contributed by atoms with Gasteiger partial charge in [-0.3, -0.25) is 0 Å². The van der Waals surface area contributed by atoms with Crippen LogP contribution in [0.15, 0.2) is 4.99 Å². The van der Waals surface area contributed by atoms with Crippen LogP contribution in [0.5, 0.6) is 0 Å². The van der Waals surface area contributed by atoms with Gasteiger partial charge in [-0.15, -0.1) is 0 Å². The monoisotopic (exact) mass is 143 g/mol. The first-order valence-corrected chi connectivity index (χ1v) is 5.92. The second-order valence-electron chi connectivity index (χ2n) is 2.90. The van der Waals surface area contributed by atoms with Gasteiger partial charge in [0.1, 0.15) is 0 Å². The summed E-state index contributed by atoms with van der Waals surface area (Å²) in [5.74, 6) is 0. The van der Waals surface area contributed by atoms with E-state index in [4.69, 9.17) is 0 Å². The molecule has 0 rings (SSSR count). The molecule has 0 amide bonds. The Morgan fingerprint density at radius 2 is 1.89 bits per heavy atom. The van der Waals surface area contributed by atoms with E-state index in [1.807, 2.05) is 7.05 Å². The fourth-order valence-electron chi connectivity index (χ4n) is 0.686. The number of hydrogen-bond donors (Lipinski definition) is 0. The molecule has 0 aliphatic carbocycles. The molecule has 0 aromatic carbocycles. The Morgan fingerprint density at radius 1 is 1.44 bits per heavy atom. The highest BCUT2D eigenvalue weighted by Gasteiger charge is 2.10. The van der Waals surface area contributed by atoms with E-state index >= 15 is 0 Å². The van der Waals surface area contributed by atoms with Crippen molar-refractivity contribution >= 4 is 14.1 Å². The van der Waals surface area contributed by atoms with E-state index in [2.05, 4.69) is 32.3 Å². The molecule has 0 aliphatic rings. The Labute approximate surface area is 59.8 Å². The minimum atomic E-state index is -0.620. The Balaban J connectivity index is 3.88. The van der Waals surface area contributed by atoms with Crippen molar-refractivity contribution in [3.05, 3.63) is 0 Å². The maximum absolute atomic E-state index is 4.19. The van der Waals surface area contributed by atoms with Gasteiger partial charge in [-0.25, -0.2) is 0 Å². The first-order chi connectivity index (χ1) is 4.09. The summed E-state index contributed by atoms with van der Waals surface area (Å²) < 4.78 is 0. The van der Waals surface area contributed by atoms with Gasteiger partial charge in [0.25, 0.3) is 0 Å². The van der Waals surface area contributed by atoms with Gasteiger partial charge < -0.3 is 4.99 Å². The largest absolute Gasteiger partial charge is 0.303 e. The lowest BCUT2D eigenvalue weighted by atomic mass is 10.6. The van der Waals surface area contributed by atoms with Gasteiger partial charge in [0.2, 0.25) is 0 Å². The molecular formula is C7H17NSi. The number of aliphatic imine (C=N–C) groups is 1. The molecule has 0 aliphatic heterocycles. The summed E-state index contributed by atoms with van der Waals surface area (Å²) in [5.41, 5.74) is 0.855. The van der Waals surface area contributed by atoms with Gasteiger partial charge in [-0.1, -0.05) is 20.4 Å². The molecule has 0 spiro atoms. The third kappa shape index (κ3) is 2.80. The Hall–Kier alpha value is -0.113. The van der Waals surface area contributed by atoms with E-state index in [-0.39, 0.29) is 0 Å². The van der Waals surface area contributed by atoms with Crippen LogP contribution < -0.4 is 0 Å². The normalized spacial score (nSPS) is 16.4. The molecule has 1 atom stereocenters. The zero-order valence-corrected chi connectivity index (χ0v) is 8.26. The first-order valence-electron chi connectivity index (χ1n) is 3.52. The Bertz CT molecular complexity index is 107. The SMILES string of the molecule is C/N=C(\C)[SiH](C)C(C)C. The minimum absolute atomic E-state index is 0.620. The van der Waals surface area contributed by atoms with Crippen molar-refractivity contribution in [2.75, 3.05) is 7.05 Å². The molecule has 2 heteroatoms. The van der Waals surface area contributed by atoms with Crippen LogP contribution in [-0.2, 0) is 0 Å². The Morgan fingerprint density at radius 3 is 2.00 bits per heavy atom. The maximum Gasteiger partial charge on any atom is 0.0876 e. The summed E-state index contributed by atoms with van der Waals surface area (Å²) in [6, 6.07) is 0. The molecule has 0 saturated carbocycles. The lowest BCUT2D eigenvalue weighted by Gasteiger charge is -2.11. The van der Waals surface area contributed by atoms with Crippen molar-refractivity contribution in [3.63, 3.8) is 0 Å². The zero-order chi connectivity index (χ0) is 7.44. The molecule has 9 heavy (non-hydrogen) atoms. The van der Waals surface area contributed by atoms with Crippen molar-refractivity contribution in [1.29, 1.82) is 0 Å². The summed E-state index contributed by atoms with van der Waals surface area (Å²) in [6.07, 6.45) is 0. The van der Waals surface area contributed by atoms with Crippen LogP contribution in [-0.4, -0.2) is 21.2 Å². The lowest BCUT2D eigenvalue weighted by molar-refractivity contribution is 1.05. The molecule has 0 saturated heterocycles. The standard InChI is InChI=1S/C7H17NSi/c1-6(2)9(5)7(3)8-4/h6,9H,1-5H3/b8-7+. The van der Waals surface area contributed by atoms with Crippen LogP contribution in [0.3, 0.4) is 0 Å². The molecular weight excluding hydrogens is 126 g/mol. The molecule has 0 radical (unpaired) electrons. The second kappa shape index (κ2) is 3.83. The van der Waals surface area contributed by atoms with Crippen LogP contribution in [0.1, 0.15) is 20.8 Å². The third-order valence-corrected chi connectivity index (χ3v) is 5.59. The summed E-state index contributed by atoms with van der Waals surface area (Å²) in [7, 11) is 1.27. The van der Waals surface area contributed by atoms with E-state index in [9.17, 15) is 0 Å². The number of nitrogens with zero attached hydrogens (tertiary/aromatic N) is 1. The minimum Gasteiger partial charge on any atom is -0.303 e. The van der Waals surface area contributed by atoms with Gasteiger partial charge >= 0.3 is 0 Å². The molecule has 0 N–H and O–H groups in total. The molecule has 1 nitrogen and oxygen atoms in total. The smallest absolute Gasteiger partial charge is 0.0876 e. The van der Waals surface area contributed by atoms with Crippen LogP contribution in [0.2, 0.25) is 12.1 Å². The predicted octanol–water partition coefficient (Wildman–Crippen LogP) is 1.88. The van der Waals surface area contributed by atoms with Gasteiger partial charge in [0.15, 0.2) is 0 Å². The van der Waals surface area contributed by atoms with Crippen molar-refractivity contribution in [3.8, 4) is 0 Å². The van der Waals surface area contributed by atoms with Gasteiger partial charge in [0, 0.05) is 7.05 Å². The molecule has 0 heterocycles. The van der Waals surface area contributed by atoms with Crippen molar-refractivity contribution < 1.29 is 0 Å². The van der Waals surface area contributed by atoms with E-state index < -0.39 is 8.80 Å². The highest BCUT2D eigenvalue weighted by Crippen LogP contribution is 2.07. The quantitative estimate of drug-likeness (QED) is 0.413. The zero-order valence-electron chi connectivity index (χ0n) is 7.10. The molecule has 0 aromatic rings. The Kier molecular flexibility index (Phi) is 3.78. The fourth-order valence-corrected chi connectivity index (χ4v) is 2.06. The second-order valence-corrected chi connectivity index (χ2v) is 6.64. The molecule has 1 unspecified atom stereocenters. The number of rotatable bonds is 2. The average molecular weight is 143 g/mol. The lowest BCUT2D eigenvalue weighted by Crippen LogP contribution is -2.22. The average Bonchev–Trinajstić information content (AvgIpc) is 1.84. The maximum atomic E-state index is 4.19. The van der Waals surface area contributed by atoms with E-state index in [1.54, 1.807) is 0 Å². The summed E-state index contributed by atoms with van der Waals surface area (Å²) in [4.78, 5) is 4.19. The van der Waals surface area contributed by atoms with Gasteiger partial charge in [-0.05, 0) is 17.8 Å². The third-order valence-electron chi connectivity index (χ3n) is 2.01. The summed E-state index contributed by atoms with van der Waals surface area (Å²) >= 11 is 0. The van der Waals surface area contributed by atoms with E-state index in [1.165, 1.54) is 5.33 Å². The summed E-state index contributed by atoms with van der Waals surface area (Å²) in [5, 5.41) is 1.39. The van der Waals surface area contributed by atoms with Crippen LogP contribution >= 0.6 is 0 Å². The van der Waals surface area contributed by atoms with Crippen LogP contribution in [0.4, 0.5) is 0 Å². The van der Waals surface area contributed by atoms with Gasteiger partial charge in [0.05, 0.1) is 8.80 Å². The molecule has 0 fully saturated rings. The van der Waals surface area contributed by atoms with Gasteiger partial charge in [-0.2, -0.15) is 0 Å². The molecule has 54 valence electrons. The van der Waals surface area contributed by atoms with Crippen molar-refractivity contribution in [2.45, 2.75) is 32.9 Å². The van der Waals surface area contributed by atoms with E-state index in [0.29, 0.717) is 0 Å². The fraction of sp³-hybridized carbons (Fsp3) is 0.857. The predicted molar refractivity (Wildman–Crippen MR) is 47.1 cm³/mol. The van der Waals surface area contributed by atoms with Crippen LogP contribution in [0.25, 0.3) is 0 Å². The number of hydrogen-bond acceptors (Lipinski definition) is 1. The molecule has 0 bridgehead atoms. The first kappa shape index (κ1) is 8.89. The topological polar surface area (TPSA) is 12.4 Å².